The van der Waals surface area contributed by atoms with Gasteiger partial charge in [0.25, 0.3) is 11.8 Å². The predicted molar refractivity (Wildman–Crippen MR) is 220 cm³/mol. The summed E-state index contributed by atoms with van der Waals surface area (Å²) in [6.45, 7) is 3.68. The lowest BCUT2D eigenvalue weighted by Gasteiger charge is -2.29. The number of aryl methyl sites for hydroxylation is 2. The molecule has 4 N–H and O–H groups in total. The Kier molecular flexibility index (Phi) is 13.4. The monoisotopic (exact) mass is 794 g/mol. The second-order valence-electron chi connectivity index (χ2n) is 14.8. The van der Waals surface area contributed by atoms with Crippen LogP contribution < -0.4 is 15.5 Å². The number of hydrogen-bond donors (Lipinski definition) is 4. The third-order valence-corrected chi connectivity index (χ3v) is 13.1. The summed E-state index contributed by atoms with van der Waals surface area (Å²) in [5, 5.41) is 24.5. The molecular weight excluding hydrogens is 745 g/mol. The number of nitrogens with one attached hydrogen (secondary N) is 2. The summed E-state index contributed by atoms with van der Waals surface area (Å²) in [7, 11) is -4.02. The number of rotatable bonds is 14. The van der Waals surface area contributed by atoms with Crippen molar-refractivity contribution in [1.82, 2.24) is 4.31 Å². The van der Waals surface area contributed by atoms with Crippen LogP contribution in [0.4, 0.5) is 17.1 Å². The van der Waals surface area contributed by atoms with E-state index in [1.807, 2.05) is 42.5 Å². The molecule has 0 spiro atoms. The van der Waals surface area contributed by atoms with Crippen molar-refractivity contribution < 1.29 is 37.8 Å². The summed E-state index contributed by atoms with van der Waals surface area (Å²) >= 11 is 0. The highest BCUT2D eigenvalue weighted by Crippen LogP contribution is 2.31. The summed E-state index contributed by atoms with van der Waals surface area (Å²) < 4.78 is 29.4. The molecule has 0 unspecified atom stereocenters. The number of carbonyl (C=O) groups is 4. The van der Waals surface area contributed by atoms with E-state index in [4.69, 9.17) is 5.11 Å². The van der Waals surface area contributed by atoms with Crippen LogP contribution in [0.15, 0.2) is 95.9 Å². The number of carboxylic acid groups (broad SMARTS) is 2. The van der Waals surface area contributed by atoms with E-state index in [9.17, 15) is 32.7 Å². The third kappa shape index (κ3) is 10.3. The molecule has 0 aromatic heterocycles. The standard InChI is InChI=1S/C44H50N4O8S/c1-2-48(36-10-6-8-32(20-23-36)43(51)52)57(55,56)38-11-7-9-34(28-38)41(49)46-40-25-24-37(47-26-4-3-5-27-47)29-39(40)42(50)45-35-21-16-31(17-22-35)13-12-30-14-18-33(19-15-30)44(53)54/h7,9,11,14-19,21-22,24-25,28-29,32,36H,2-6,8,10,12-13,20,23,26-27H2,1H3,(H,45,50)(H,46,49)(H,51,52)(H,53,54)/t32-,36-/m1/s1. The number of aromatic carboxylic acids is 1. The molecule has 4 aromatic carbocycles. The van der Waals surface area contributed by atoms with E-state index in [1.165, 1.54) is 28.6 Å². The van der Waals surface area contributed by atoms with Crippen LogP contribution in [0.3, 0.4) is 0 Å². The molecular formula is C44H50N4O8S. The highest BCUT2D eigenvalue weighted by Gasteiger charge is 2.34. The van der Waals surface area contributed by atoms with Gasteiger partial charge in [-0.2, -0.15) is 4.31 Å². The maximum Gasteiger partial charge on any atom is 0.335 e. The Morgan fingerprint density at radius 2 is 1.40 bits per heavy atom. The van der Waals surface area contributed by atoms with Gasteiger partial charge in [-0.25, -0.2) is 13.2 Å². The second kappa shape index (κ2) is 18.6. The zero-order chi connectivity index (χ0) is 40.5. The van der Waals surface area contributed by atoms with Gasteiger partial charge in [-0.05, 0) is 130 Å². The number of hydrogen-bond acceptors (Lipinski definition) is 7. The van der Waals surface area contributed by atoms with E-state index in [2.05, 4.69) is 15.5 Å². The molecule has 1 saturated heterocycles. The van der Waals surface area contributed by atoms with Gasteiger partial charge in [0.2, 0.25) is 10.0 Å². The van der Waals surface area contributed by atoms with Gasteiger partial charge >= 0.3 is 11.9 Å². The van der Waals surface area contributed by atoms with E-state index >= 15 is 0 Å². The van der Waals surface area contributed by atoms with Crippen LogP contribution in [0.2, 0.25) is 0 Å². The van der Waals surface area contributed by atoms with Crippen molar-refractivity contribution >= 4 is 50.8 Å². The van der Waals surface area contributed by atoms with Crippen molar-refractivity contribution in [3.8, 4) is 0 Å². The van der Waals surface area contributed by atoms with Gasteiger partial charge in [0, 0.05) is 42.6 Å². The number of amides is 2. The lowest BCUT2D eigenvalue weighted by Crippen LogP contribution is -2.40. The third-order valence-electron chi connectivity index (χ3n) is 11.0. The molecule has 12 nitrogen and oxygen atoms in total. The number of carboxylic acids is 2. The Morgan fingerprint density at radius 3 is 2.05 bits per heavy atom. The second-order valence-corrected chi connectivity index (χ2v) is 16.7. The summed E-state index contributed by atoms with van der Waals surface area (Å²) in [4.78, 5) is 52.7. The SMILES string of the molecule is CCN([C@@H]1CCC[C@@H](C(=O)O)CC1)S(=O)(=O)c1cccc(C(=O)Nc2ccc(N3CCCCC3)cc2C(=O)Nc2ccc(CCc3ccc(C(=O)O)cc3)cc2)c1. The number of carbonyl (C=O) groups excluding carboxylic acids is 2. The minimum atomic E-state index is -4.02. The van der Waals surface area contributed by atoms with Crippen LogP contribution >= 0.6 is 0 Å². The molecule has 1 aliphatic heterocycles. The van der Waals surface area contributed by atoms with E-state index in [-0.39, 0.29) is 39.9 Å². The van der Waals surface area contributed by atoms with Crippen LogP contribution in [0.1, 0.15) is 100 Å². The molecule has 1 heterocycles. The first kappa shape index (κ1) is 41.1. The Balaban J connectivity index is 1.18. The average molecular weight is 795 g/mol. The van der Waals surface area contributed by atoms with Crippen molar-refractivity contribution in [2.24, 2.45) is 5.92 Å². The van der Waals surface area contributed by atoms with Gasteiger partial charge < -0.3 is 25.7 Å². The first-order valence-corrected chi connectivity index (χ1v) is 21.1. The number of piperidine rings is 1. The van der Waals surface area contributed by atoms with Crippen LogP contribution in [-0.4, -0.2) is 72.4 Å². The Morgan fingerprint density at radius 1 is 0.719 bits per heavy atom. The predicted octanol–water partition coefficient (Wildman–Crippen LogP) is 7.71. The fourth-order valence-electron chi connectivity index (χ4n) is 7.80. The molecule has 2 fully saturated rings. The molecule has 1 saturated carbocycles. The lowest BCUT2D eigenvalue weighted by atomic mass is 10.0. The lowest BCUT2D eigenvalue weighted by molar-refractivity contribution is -0.142. The quantitative estimate of drug-likeness (QED) is 0.0933. The Labute approximate surface area is 334 Å². The van der Waals surface area contributed by atoms with Crippen molar-refractivity contribution in [3.05, 3.63) is 119 Å². The van der Waals surface area contributed by atoms with Crippen LogP contribution in [0, 0.1) is 5.92 Å². The van der Waals surface area contributed by atoms with Crippen molar-refractivity contribution in [2.75, 3.05) is 35.2 Å². The summed E-state index contributed by atoms with van der Waals surface area (Å²) in [5.41, 5.74) is 4.39. The molecule has 0 radical (unpaired) electrons. The normalized spacial score (nSPS) is 17.4. The largest absolute Gasteiger partial charge is 0.481 e. The van der Waals surface area contributed by atoms with Gasteiger partial charge in [-0.1, -0.05) is 43.7 Å². The molecule has 13 heteroatoms. The number of sulfonamides is 1. The first-order valence-electron chi connectivity index (χ1n) is 19.7. The van der Waals surface area contributed by atoms with E-state index in [1.54, 1.807) is 31.2 Å². The zero-order valence-electron chi connectivity index (χ0n) is 32.2. The van der Waals surface area contributed by atoms with Gasteiger partial charge in [0.1, 0.15) is 0 Å². The van der Waals surface area contributed by atoms with Crippen molar-refractivity contribution in [2.45, 2.75) is 82.1 Å². The molecule has 2 amide bonds. The molecule has 57 heavy (non-hydrogen) atoms. The van der Waals surface area contributed by atoms with E-state index in [0.717, 1.165) is 62.0 Å². The first-order chi connectivity index (χ1) is 27.4. The summed E-state index contributed by atoms with van der Waals surface area (Å²) in [6, 6.07) is 25.2. The minimum absolute atomic E-state index is 0.0333. The molecule has 1 aliphatic carbocycles. The maximum absolute atomic E-state index is 14.0. The fraction of sp³-hybridized carbons (Fsp3) is 0.364. The van der Waals surface area contributed by atoms with Crippen molar-refractivity contribution in [1.29, 1.82) is 0 Å². The molecule has 300 valence electrons. The maximum atomic E-state index is 14.0. The van der Waals surface area contributed by atoms with Crippen molar-refractivity contribution in [3.63, 3.8) is 0 Å². The van der Waals surface area contributed by atoms with Gasteiger partial charge in [0.15, 0.2) is 0 Å². The Bertz CT molecular complexity index is 2180. The number of nitrogens with zero attached hydrogens (tertiary/aromatic N) is 2. The zero-order valence-corrected chi connectivity index (χ0v) is 33.0. The highest BCUT2D eigenvalue weighted by molar-refractivity contribution is 7.89. The van der Waals surface area contributed by atoms with Gasteiger partial charge in [-0.15, -0.1) is 0 Å². The highest BCUT2D eigenvalue weighted by atomic mass is 32.2. The van der Waals surface area contributed by atoms with E-state index < -0.39 is 39.7 Å². The number of anilines is 3. The average Bonchev–Trinajstić information content (AvgIpc) is 3.48. The molecule has 0 bridgehead atoms. The Hall–Kier alpha value is -5.53. The molecule has 2 atom stereocenters. The fourth-order valence-corrected chi connectivity index (χ4v) is 9.54. The number of benzene rings is 4. The van der Waals surface area contributed by atoms with Gasteiger partial charge in [0.05, 0.1) is 27.6 Å². The summed E-state index contributed by atoms with van der Waals surface area (Å²) in [6.07, 6.45) is 7.20. The molecule has 2 aliphatic rings. The van der Waals surface area contributed by atoms with Crippen LogP contribution in [-0.2, 0) is 27.7 Å². The van der Waals surface area contributed by atoms with Gasteiger partial charge in [-0.3, -0.25) is 14.4 Å². The minimum Gasteiger partial charge on any atom is -0.481 e. The topological polar surface area (TPSA) is 173 Å². The van der Waals surface area contributed by atoms with Crippen LogP contribution in [0.25, 0.3) is 0 Å². The molecule has 4 aromatic rings. The number of aliphatic carboxylic acids is 1. The van der Waals surface area contributed by atoms with E-state index in [0.29, 0.717) is 37.8 Å². The molecule has 6 rings (SSSR count). The van der Waals surface area contributed by atoms with Crippen LogP contribution in [0.5, 0.6) is 0 Å². The summed E-state index contributed by atoms with van der Waals surface area (Å²) in [5.74, 6) is -3.29. The smallest absolute Gasteiger partial charge is 0.335 e.